The van der Waals surface area contributed by atoms with Gasteiger partial charge in [0.25, 0.3) is 5.91 Å². The van der Waals surface area contributed by atoms with E-state index in [1.54, 1.807) is 41.8 Å². The highest BCUT2D eigenvalue weighted by Crippen LogP contribution is 2.35. The third kappa shape index (κ3) is 4.07. The minimum Gasteiger partial charge on any atom is -0.476 e. The van der Waals surface area contributed by atoms with Gasteiger partial charge in [0.15, 0.2) is 11.2 Å². The van der Waals surface area contributed by atoms with Crippen molar-refractivity contribution >= 4 is 57.2 Å². The van der Waals surface area contributed by atoms with Crippen molar-refractivity contribution < 1.29 is 14.3 Å². The van der Waals surface area contributed by atoms with Gasteiger partial charge >= 0.3 is 0 Å². The van der Waals surface area contributed by atoms with Crippen molar-refractivity contribution in [2.24, 2.45) is 0 Å². The van der Waals surface area contributed by atoms with E-state index in [1.807, 2.05) is 6.07 Å². The number of para-hydroxylation sites is 2. The molecule has 1 aromatic heterocycles. The van der Waals surface area contributed by atoms with Gasteiger partial charge in [0.1, 0.15) is 5.75 Å². The Bertz CT molecular complexity index is 1100. The summed E-state index contributed by atoms with van der Waals surface area (Å²) in [6.07, 6.45) is -0.851. The lowest BCUT2D eigenvalue weighted by molar-refractivity contribution is -0.123. The maximum absolute atomic E-state index is 12.8. The summed E-state index contributed by atoms with van der Waals surface area (Å²) in [5.41, 5.74) is 1.94. The summed E-state index contributed by atoms with van der Waals surface area (Å²) in [4.78, 5) is 30.7. The second-order valence-corrected chi connectivity index (χ2v) is 8.06. The third-order valence-corrected chi connectivity index (χ3v) is 5.71. The molecule has 1 aliphatic rings. The fourth-order valence-electron chi connectivity index (χ4n) is 3.00. The number of rotatable bonds is 3. The van der Waals surface area contributed by atoms with Gasteiger partial charge in [0, 0.05) is 22.9 Å². The van der Waals surface area contributed by atoms with Crippen molar-refractivity contribution in [3.05, 3.63) is 57.9 Å². The number of thiazole rings is 1. The van der Waals surface area contributed by atoms with Crippen LogP contribution in [0.1, 0.15) is 6.92 Å². The molecule has 0 saturated carbocycles. The largest absolute Gasteiger partial charge is 0.476 e. The molecule has 6 nitrogen and oxygen atoms in total. The Hall–Kier alpha value is -2.61. The average Bonchev–Trinajstić information content (AvgIpc) is 3.17. The lowest BCUT2D eigenvalue weighted by Crippen LogP contribution is -2.48. The van der Waals surface area contributed by atoms with Crippen molar-refractivity contribution in [2.45, 2.75) is 13.0 Å². The van der Waals surface area contributed by atoms with Gasteiger partial charge in [-0.1, -0.05) is 35.3 Å². The number of aromatic nitrogens is 1. The zero-order valence-electron chi connectivity index (χ0n) is 15.2. The average molecular weight is 448 g/mol. The number of ether oxygens (including phenoxy) is 1. The molecule has 0 bridgehead atoms. The van der Waals surface area contributed by atoms with Crippen LogP contribution in [-0.4, -0.2) is 29.4 Å². The molecule has 29 heavy (non-hydrogen) atoms. The lowest BCUT2D eigenvalue weighted by Gasteiger charge is -2.33. The number of carbonyl (C=O) groups is 2. The molecular formula is C20H15Cl2N3O3S. The van der Waals surface area contributed by atoms with Crippen LogP contribution in [0.25, 0.3) is 11.3 Å². The van der Waals surface area contributed by atoms with Gasteiger partial charge in [-0.05, 0) is 30.3 Å². The second kappa shape index (κ2) is 8.02. The Labute approximate surface area is 181 Å². The Kier molecular flexibility index (Phi) is 5.45. The fraction of sp³-hybridized carbons (Fsp3) is 0.150. The van der Waals surface area contributed by atoms with E-state index in [0.29, 0.717) is 37.9 Å². The Morgan fingerprint density at radius 3 is 2.83 bits per heavy atom. The van der Waals surface area contributed by atoms with Gasteiger partial charge < -0.3 is 9.64 Å². The molecule has 9 heteroatoms. The number of hydrogen-bond donors (Lipinski definition) is 1. The Morgan fingerprint density at radius 2 is 2.03 bits per heavy atom. The highest BCUT2D eigenvalue weighted by Gasteiger charge is 2.32. The number of carbonyl (C=O) groups excluding carboxylic acids is 2. The van der Waals surface area contributed by atoms with Crippen molar-refractivity contribution in [3.63, 3.8) is 0 Å². The van der Waals surface area contributed by atoms with Crippen LogP contribution in [-0.2, 0) is 9.59 Å². The zero-order chi connectivity index (χ0) is 20.5. The maximum Gasteiger partial charge on any atom is 0.269 e. The zero-order valence-corrected chi connectivity index (χ0v) is 17.5. The molecule has 1 N–H and O–H groups in total. The fourth-order valence-corrected chi connectivity index (χ4v) is 4.10. The van der Waals surface area contributed by atoms with Gasteiger partial charge in [-0.25, -0.2) is 4.98 Å². The summed E-state index contributed by atoms with van der Waals surface area (Å²) in [6, 6.07) is 12.2. The van der Waals surface area contributed by atoms with Crippen LogP contribution in [0.2, 0.25) is 10.0 Å². The topological polar surface area (TPSA) is 71.5 Å². The Balaban J connectivity index is 1.53. The van der Waals surface area contributed by atoms with Crippen molar-refractivity contribution in [1.29, 1.82) is 0 Å². The van der Waals surface area contributed by atoms with Crippen LogP contribution in [0, 0.1) is 0 Å². The van der Waals surface area contributed by atoms with Crippen LogP contribution in [0.15, 0.2) is 47.8 Å². The quantitative estimate of drug-likeness (QED) is 0.621. The van der Waals surface area contributed by atoms with E-state index in [1.165, 1.54) is 23.2 Å². The first-order chi connectivity index (χ1) is 13.9. The third-order valence-electron chi connectivity index (χ3n) is 4.38. The molecule has 2 amide bonds. The molecular weight excluding hydrogens is 433 g/mol. The van der Waals surface area contributed by atoms with Crippen molar-refractivity contribution in [2.75, 3.05) is 16.8 Å². The SMILES string of the molecule is CC(=O)N1C[C@@H](C(=O)Nc2nc(-c3cc(Cl)ccc3Cl)cs2)Oc2ccccc21. The number of halogens is 2. The summed E-state index contributed by atoms with van der Waals surface area (Å²) in [7, 11) is 0. The van der Waals surface area contributed by atoms with Crippen LogP contribution < -0.4 is 15.0 Å². The van der Waals surface area contributed by atoms with E-state index in [4.69, 9.17) is 27.9 Å². The molecule has 3 aromatic rings. The monoisotopic (exact) mass is 447 g/mol. The highest BCUT2D eigenvalue weighted by molar-refractivity contribution is 7.14. The van der Waals surface area contributed by atoms with Gasteiger partial charge in [-0.2, -0.15) is 0 Å². The Morgan fingerprint density at radius 1 is 1.24 bits per heavy atom. The van der Waals surface area contributed by atoms with E-state index < -0.39 is 6.10 Å². The molecule has 0 fully saturated rings. The van der Waals surface area contributed by atoms with Crippen LogP contribution in [0.5, 0.6) is 5.75 Å². The number of anilines is 2. The van der Waals surface area contributed by atoms with Gasteiger partial charge in [0.05, 0.1) is 22.9 Å². The molecule has 0 unspecified atom stereocenters. The molecule has 0 saturated heterocycles. The summed E-state index contributed by atoms with van der Waals surface area (Å²) in [5.74, 6) is -0.0610. The number of hydrogen-bond acceptors (Lipinski definition) is 5. The molecule has 0 spiro atoms. The van der Waals surface area contributed by atoms with Gasteiger partial charge in [-0.3, -0.25) is 14.9 Å². The molecule has 1 aliphatic heterocycles. The van der Waals surface area contributed by atoms with Crippen molar-refractivity contribution in [1.82, 2.24) is 4.98 Å². The van der Waals surface area contributed by atoms with Crippen LogP contribution >= 0.6 is 34.5 Å². The van der Waals surface area contributed by atoms with Crippen molar-refractivity contribution in [3.8, 4) is 17.0 Å². The highest BCUT2D eigenvalue weighted by atomic mass is 35.5. The molecule has 1 atom stereocenters. The van der Waals surface area contributed by atoms with Gasteiger partial charge in [-0.15, -0.1) is 11.3 Å². The lowest BCUT2D eigenvalue weighted by atomic mass is 10.1. The van der Waals surface area contributed by atoms with E-state index in [9.17, 15) is 9.59 Å². The minimum absolute atomic E-state index is 0.122. The van der Waals surface area contributed by atoms with Gasteiger partial charge in [0.2, 0.25) is 5.91 Å². The maximum atomic E-state index is 12.8. The molecule has 0 aliphatic carbocycles. The number of nitrogens with one attached hydrogen (secondary N) is 1. The second-order valence-electron chi connectivity index (χ2n) is 6.36. The first kappa shape index (κ1) is 19.7. The smallest absolute Gasteiger partial charge is 0.269 e. The van der Waals surface area contributed by atoms with E-state index >= 15 is 0 Å². The standard InChI is InChI=1S/C20H15Cl2N3O3S/c1-11(26)25-9-18(28-17-5-3-2-4-16(17)25)19(27)24-20-23-15(10-29-20)13-8-12(21)6-7-14(13)22/h2-8,10,18H,9H2,1H3,(H,23,24,27)/t18-/m0/s1. The van der Waals surface area contributed by atoms with E-state index in [2.05, 4.69) is 10.3 Å². The van der Waals surface area contributed by atoms with E-state index in [-0.39, 0.29) is 18.4 Å². The molecule has 2 heterocycles. The molecule has 148 valence electrons. The summed E-state index contributed by atoms with van der Waals surface area (Å²) in [6.45, 7) is 1.58. The number of nitrogens with zero attached hydrogens (tertiary/aromatic N) is 2. The predicted octanol–water partition coefficient (Wildman–Crippen LogP) is 4.87. The number of benzene rings is 2. The first-order valence-corrected chi connectivity index (χ1v) is 10.3. The molecule has 2 aromatic carbocycles. The molecule has 0 radical (unpaired) electrons. The minimum atomic E-state index is -0.851. The number of fused-ring (bicyclic) bond motifs is 1. The molecule has 4 rings (SSSR count). The van der Waals surface area contributed by atoms with Crippen LogP contribution in [0.4, 0.5) is 10.8 Å². The summed E-state index contributed by atoms with van der Waals surface area (Å²) >= 11 is 13.5. The predicted molar refractivity (Wildman–Crippen MR) is 115 cm³/mol. The number of amides is 2. The normalized spacial score (nSPS) is 15.4. The summed E-state index contributed by atoms with van der Waals surface area (Å²) < 4.78 is 5.80. The first-order valence-electron chi connectivity index (χ1n) is 8.68. The van der Waals surface area contributed by atoms with E-state index in [0.717, 1.165) is 0 Å². The van der Waals surface area contributed by atoms with Crippen LogP contribution in [0.3, 0.4) is 0 Å². The summed E-state index contributed by atoms with van der Waals surface area (Å²) in [5, 5.41) is 6.00.